The number of halogens is 1. The summed E-state index contributed by atoms with van der Waals surface area (Å²) in [5, 5.41) is 10.8. The molecule has 0 bridgehead atoms. The maximum atomic E-state index is 11.5. The van der Waals surface area contributed by atoms with Gasteiger partial charge in [-0.3, -0.25) is 4.79 Å². The fourth-order valence-electron chi connectivity index (χ4n) is 1.57. The van der Waals surface area contributed by atoms with E-state index in [1.807, 2.05) is 0 Å². The van der Waals surface area contributed by atoms with Crippen molar-refractivity contribution >= 4 is 39.7 Å². The summed E-state index contributed by atoms with van der Waals surface area (Å²) in [6.45, 7) is 1.51. The van der Waals surface area contributed by atoms with Crippen LogP contribution in [-0.4, -0.2) is 27.4 Å². The normalized spacial score (nSPS) is 14.7. The van der Waals surface area contributed by atoms with Crippen molar-refractivity contribution in [3.63, 3.8) is 0 Å². The molecule has 0 radical (unpaired) electrons. The van der Waals surface area contributed by atoms with Crippen molar-refractivity contribution in [1.82, 2.24) is 10.6 Å². The second-order valence-electron chi connectivity index (χ2n) is 4.62. The minimum absolute atomic E-state index is 0. The summed E-state index contributed by atoms with van der Waals surface area (Å²) in [7, 11) is -3.64. The van der Waals surface area contributed by atoms with Crippen LogP contribution in [0.2, 0.25) is 0 Å². The molecule has 1 aliphatic carbocycles. The number of amides is 1. The molecule has 1 amide bonds. The molecule has 20 heavy (non-hydrogen) atoms. The van der Waals surface area contributed by atoms with Crippen LogP contribution < -0.4 is 15.8 Å². The Labute approximate surface area is 128 Å². The van der Waals surface area contributed by atoms with Crippen LogP contribution in [0.5, 0.6) is 0 Å². The number of rotatable bonds is 7. The topological polar surface area (TPSA) is 101 Å². The summed E-state index contributed by atoms with van der Waals surface area (Å²) in [5.41, 5.74) is 0. The molecular formula is C11H18ClN3O3S2. The van der Waals surface area contributed by atoms with Gasteiger partial charge in [-0.05, 0) is 37.4 Å². The number of sulfonamides is 1. The maximum absolute atomic E-state index is 11.5. The summed E-state index contributed by atoms with van der Waals surface area (Å²) in [5.74, 6) is 0.647. The molecule has 6 nitrogen and oxygen atoms in total. The summed E-state index contributed by atoms with van der Waals surface area (Å²) in [6.07, 6.45) is 2.50. The van der Waals surface area contributed by atoms with Crippen molar-refractivity contribution in [3.8, 4) is 0 Å². The molecule has 114 valence electrons. The summed E-state index contributed by atoms with van der Waals surface area (Å²) >= 11 is 1.07. The number of hydrogen-bond donors (Lipinski definition) is 3. The first-order valence-corrected chi connectivity index (χ1v) is 8.40. The number of nitrogens with two attached hydrogens (primary N) is 1. The van der Waals surface area contributed by atoms with Crippen molar-refractivity contribution < 1.29 is 13.2 Å². The zero-order valence-corrected chi connectivity index (χ0v) is 13.2. The minimum atomic E-state index is -3.64. The lowest BCUT2D eigenvalue weighted by Crippen LogP contribution is -2.34. The molecule has 1 saturated carbocycles. The van der Waals surface area contributed by atoms with Gasteiger partial charge in [0.1, 0.15) is 4.21 Å². The Bertz CT molecular complexity index is 555. The zero-order chi connectivity index (χ0) is 13.9. The average Bonchev–Trinajstić information content (AvgIpc) is 3.01. The zero-order valence-electron chi connectivity index (χ0n) is 10.8. The van der Waals surface area contributed by atoms with Gasteiger partial charge in [-0.2, -0.15) is 0 Å². The molecule has 1 fully saturated rings. The number of primary sulfonamides is 1. The monoisotopic (exact) mass is 339 g/mol. The van der Waals surface area contributed by atoms with E-state index in [2.05, 4.69) is 10.6 Å². The van der Waals surface area contributed by atoms with Crippen LogP contribution in [0.1, 0.15) is 17.7 Å². The molecule has 0 spiro atoms. The van der Waals surface area contributed by atoms with Gasteiger partial charge in [0, 0.05) is 4.88 Å². The lowest BCUT2D eigenvalue weighted by atomic mass is 10.4. The van der Waals surface area contributed by atoms with Crippen LogP contribution in [-0.2, 0) is 21.4 Å². The molecular weight excluding hydrogens is 322 g/mol. The smallest absolute Gasteiger partial charge is 0.247 e. The minimum Gasteiger partial charge on any atom is -0.350 e. The number of carbonyl (C=O) groups excluding carboxylic acids is 1. The van der Waals surface area contributed by atoms with Crippen molar-refractivity contribution in [1.29, 1.82) is 0 Å². The van der Waals surface area contributed by atoms with E-state index in [4.69, 9.17) is 5.14 Å². The molecule has 1 heterocycles. The van der Waals surface area contributed by atoms with Gasteiger partial charge in [-0.15, -0.1) is 23.7 Å². The second kappa shape index (κ2) is 7.37. The van der Waals surface area contributed by atoms with Gasteiger partial charge in [0.25, 0.3) is 0 Å². The predicted octanol–water partition coefficient (Wildman–Crippen LogP) is 0.433. The van der Waals surface area contributed by atoms with Crippen molar-refractivity contribution in [2.24, 2.45) is 11.1 Å². The number of nitrogens with one attached hydrogen (secondary N) is 2. The molecule has 0 aromatic carbocycles. The van der Waals surface area contributed by atoms with Gasteiger partial charge >= 0.3 is 0 Å². The van der Waals surface area contributed by atoms with Crippen LogP contribution in [0, 0.1) is 5.92 Å². The van der Waals surface area contributed by atoms with Crippen LogP contribution >= 0.6 is 23.7 Å². The van der Waals surface area contributed by atoms with E-state index < -0.39 is 10.0 Å². The van der Waals surface area contributed by atoms with Crippen molar-refractivity contribution in [2.45, 2.75) is 23.6 Å². The molecule has 4 N–H and O–H groups in total. The largest absolute Gasteiger partial charge is 0.350 e. The van der Waals surface area contributed by atoms with E-state index in [1.54, 1.807) is 6.07 Å². The van der Waals surface area contributed by atoms with Crippen LogP contribution in [0.4, 0.5) is 0 Å². The Hall–Kier alpha value is -0.670. The number of thiophene rings is 1. The van der Waals surface area contributed by atoms with Gasteiger partial charge in [0.2, 0.25) is 15.9 Å². The highest BCUT2D eigenvalue weighted by atomic mass is 35.5. The van der Waals surface area contributed by atoms with Gasteiger partial charge in [0.15, 0.2) is 0 Å². The van der Waals surface area contributed by atoms with E-state index >= 15 is 0 Å². The van der Waals surface area contributed by atoms with E-state index in [0.717, 1.165) is 28.7 Å². The van der Waals surface area contributed by atoms with Crippen molar-refractivity contribution in [3.05, 3.63) is 17.0 Å². The first kappa shape index (κ1) is 17.4. The van der Waals surface area contributed by atoms with Crippen LogP contribution in [0.25, 0.3) is 0 Å². The molecule has 1 aliphatic rings. The maximum Gasteiger partial charge on any atom is 0.247 e. The number of carbonyl (C=O) groups is 1. The quantitative estimate of drug-likeness (QED) is 0.670. The first-order chi connectivity index (χ1) is 8.95. The average molecular weight is 340 g/mol. The number of hydrogen-bond acceptors (Lipinski definition) is 5. The highest BCUT2D eigenvalue weighted by Gasteiger charge is 2.20. The van der Waals surface area contributed by atoms with Gasteiger partial charge < -0.3 is 10.6 Å². The lowest BCUT2D eigenvalue weighted by molar-refractivity contribution is -0.120. The third-order valence-electron chi connectivity index (χ3n) is 2.79. The summed E-state index contributed by atoms with van der Waals surface area (Å²) in [4.78, 5) is 12.3. The third-order valence-corrected chi connectivity index (χ3v) is 5.32. The van der Waals surface area contributed by atoms with Gasteiger partial charge in [0.05, 0.1) is 13.1 Å². The fraction of sp³-hybridized carbons (Fsp3) is 0.545. The molecule has 2 rings (SSSR count). The highest BCUT2D eigenvalue weighted by molar-refractivity contribution is 7.91. The highest BCUT2D eigenvalue weighted by Crippen LogP contribution is 2.27. The predicted molar refractivity (Wildman–Crippen MR) is 80.4 cm³/mol. The van der Waals surface area contributed by atoms with E-state index in [9.17, 15) is 13.2 Å². The standard InChI is InChI=1S/C11H17N3O3S2.ClH/c12-19(16,17)11-4-3-9(18-11)6-14-10(15)7-13-5-8-1-2-8;/h3-4,8,13H,1-2,5-7H2,(H,14,15)(H2,12,16,17);1H. The second-order valence-corrected chi connectivity index (χ2v) is 7.57. The Balaban J connectivity index is 0.00000200. The molecule has 0 saturated heterocycles. The molecule has 0 aliphatic heterocycles. The fourth-order valence-corrected chi connectivity index (χ4v) is 3.28. The first-order valence-electron chi connectivity index (χ1n) is 6.04. The van der Waals surface area contributed by atoms with Gasteiger partial charge in [-0.1, -0.05) is 0 Å². The molecule has 9 heteroatoms. The van der Waals surface area contributed by atoms with Crippen LogP contribution in [0.3, 0.4) is 0 Å². The molecule has 1 aromatic heterocycles. The third kappa shape index (κ3) is 5.76. The summed E-state index contributed by atoms with van der Waals surface area (Å²) in [6, 6.07) is 3.11. The Kier molecular flexibility index (Phi) is 6.41. The summed E-state index contributed by atoms with van der Waals surface area (Å²) < 4.78 is 22.3. The van der Waals surface area contributed by atoms with E-state index in [-0.39, 0.29) is 22.5 Å². The molecule has 1 aromatic rings. The van der Waals surface area contributed by atoms with Crippen LogP contribution in [0.15, 0.2) is 16.3 Å². The Morgan fingerprint density at radius 2 is 2.10 bits per heavy atom. The van der Waals surface area contributed by atoms with Crippen molar-refractivity contribution in [2.75, 3.05) is 13.1 Å². The van der Waals surface area contributed by atoms with E-state index in [1.165, 1.54) is 18.9 Å². The Morgan fingerprint density at radius 3 is 2.65 bits per heavy atom. The molecule has 0 unspecified atom stereocenters. The lowest BCUT2D eigenvalue weighted by Gasteiger charge is -2.04. The SMILES string of the molecule is Cl.NS(=O)(=O)c1ccc(CNC(=O)CNCC2CC2)s1. The van der Waals surface area contributed by atoms with E-state index in [0.29, 0.717) is 13.1 Å². The molecule has 0 atom stereocenters. The van der Waals surface area contributed by atoms with Gasteiger partial charge in [-0.25, -0.2) is 13.6 Å². The Morgan fingerprint density at radius 1 is 1.40 bits per heavy atom.